The van der Waals surface area contributed by atoms with Crippen LogP contribution in [-0.4, -0.2) is 17.0 Å². The first-order valence-corrected chi connectivity index (χ1v) is 7.36. The topological polar surface area (TPSA) is 29.0 Å². The number of benzene rings is 1. The van der Waals surface area contributed by atoms with Gasteiger partial charge in [0.25, 0.3) is 0 Å². The third kappa shape index (κ3) is 2.98. The number of anilines is 1. The van der Waals surface area contributed by atoms with E-state index in [9.17, 15) is 0 Å². The van der Waals surface area contributed by atoms with E-state index in [1.54, 1.807) is 6.20 Å². The first-order valence-electron chi connectivity index (χ1n) is 6.82. The zero-order chi connectivity index (χ0) is 14.7. The fraction of sp³-hybridized carbons (Fsp3) is 0.176. The van der Waals surface area contributed by atoms with Gasteiger partial charge in [-0.15, -0.1) is 11.6 Å². The Morgan fingerprint density at radius 2 is 2.00 bits per heavy atom. The van der Waals surface area contributed by atoms with E-state index >= 15 is 0 Å². The Morgan fingerprint density at radius 3 is 2.76 bits per heavy atom. The average molecular weight is 298 g/mol. The molecule has 2 heterocycles. The maximum atomic E-state index is 5.97. The molecule has 0 radical (unpaired) electrons. The molecule has 0 unspecified atom stereocenters. The fourth-order valence-corrected chi connectivity index (χ4v) is 2.58. The highest BCUT2D eigenvalue weighted by Gasteiger charge is 2.09. The number of fused-ring (bicyclic) bond motifs is 1. The number of para-hydroxylation sites is 1. The molecule has 4 heteroatoms. The predicted molar refractivity (Wildman–Crippen MR) is 87.6 cm³/mol. The Morgan fingerprint density at radius 1 is 1.14 bits per heavy atom. The average Bonchev–Trinajstić information content (AvgIpc) is 2.54. The summed E-state index contributed by atoms with van der Waals surface area (Å²) in [5.41, 5.74) is 4.18. The van der Waals surface area contributed by atoms with Gasteiger partial charge in [0, 0.05) is 37.1 Å². The van der Waals surface area contributed by atoms with Crippen LogP contribution in [-0.2, 0) is 12.4 Å². The van der Waals surface area contributed by atoms with Crippen LogP contribution in [0.1, 0.15) is 11.3 Å². The summed E-state index contributed by atoms with van der Waals surface area (Å²) in [6, 6.07) is 14.2. The minimum Gasteiger partial charge on any atom is -0.370 e. The van der Waals surface area contributed by atoms with E-state index in [-0.39, 0.29) is 0 Å². The Balaban J connectivity index is 2.02. The standard InChI is InChI=1S/C17H16ClN3/c1-21(12-13-5-4-8-19-11-13)17-9-14(10-18)20-16-7-3-2-6-15(16)17/h2-9,11H,10,12H2,1H3. The second-order valence-corrected chi connectivity index (χ2v) is 5.27. The van der Waals surface area contributed by atoms with Gasteiger partial charge in [-0.3, -0.25) is 9.97 Å². The van der Waals surface area contributed by atoms with Crippen molar-refractivity contribution in [3.8, 4) is 0 Å². The van der Waals surface area contributed by atoms with Crippen molar-refractivity contribution in [3.63, 3.8) is 0 Å². The van der Waals surface area contributed by atoms with E-state index in [0.717, 1.165) is 28.8 Å². The van der Waals surface area contributed by atoms with E-state index in [2.05, 4.69) is 40.1 Å². The van der Waals surface area contributed by atoms with Crippen LogP contribution in [0.2, 0.25) is 0 Å². The summed E-state index contributed by atoms with van der Waals surface area (Å²) in [5, 5.41) is 1.14. The first kappa shape index (κ1) is 13.8. The molecule has 0 saturated heterocycles. The number of nitrogens with zero attached hydrogens (tertiary/aromatic N) is 3. The van der Waals surface area contributed by atoms with E-state index < -0.39 is 0 Å². The van der Waals surface area contributed by atoms with Crippen molar-refractivity contribution in [3.05, 3.63) is 66.1 Å². The Bertz CT molecular complexity index is 743. The van der Waals surface area contributed by atoms with Crippen LogP contribution < -0.4 is 4.90 Å². The Kier molecular flexibility index (Phi) is 4.02. The number of hydrogen-bond donors (Lipinski definition) is 0. The lowest BCUT2D eigenvalue weighted by atomic mass is 10.1. The zero-order valence-corrected chi connectivity index (χ0v) is 12.6. The molecule has 3 aromatic rings. The number of pyridine rings is 2. The van der Waals surface area contributed by atoms with Crippen LogP contribution in [0.15, 0.2) is 54.9 Å². The molecule has 0 aliphatic rings. The van der Waals surface area contributed by atoms with Gasteiger partial charge in [0.1, 0.15) is 0 Å². The quantitative estimate of drug-likeness (QED) is 0.682. The van der Waals surface area contributed by atoms with Crippen LogP contribution in [0.25, 0.3) is 10.9 Å². The molecule has 0 spiro atoms. The lowest BCUT2D eigenvalue weighted by molar-refractivity contribution is 0.917. The molecule has 0 bridgehead atoms. The maximum absolute atomic E-state index is 5.97. The Hall–Kier alpha value is -2.13. The highest BCUT2D eigenvalue weighted by atomic mass is 35.5. The molecule has 3 rings (SSSR count). The van der Waals surface area contributed by atoms with Crippen molar-refractivity contribution in [1.29, 1.82) is 0 Å². The van der Waals surface area contributed by atoms with Gasteiger partial charge in [0.15, 0.2) is 0 Å². The van der Waals surface area contributed by atoms with Crippen LogP contribution in [0.3, 0.4) is 0 Å². The highest BCUT2D eigenvalue weighted by Crippen LogP contribution is 2.27. The lowest BCUT2D eigenvalue weighted by Gasteiger charge is -2.21. The van der Waals surface area contributed by atoms with Crippen molar-refractivity contribution >= 4 is 28.2 Å². The molecule has 0 saturated carbocycles. The van der Waals surface area contributed by atoms with Crippen LogP contribution in [0.4, 0.5) is 5.69 Å². The maximum Gasteiger partial charge on any atom is 0.0726 e. The van der Waals surface area contributed by atoms with Gasteiger partial charge in [-0.05, 0) is 23.8 Å². The van der Waals surface area contributed by atoms with Crippen molar-refractivity contribution in [2.24, 2.45) is 0 Å². The van der Waals surface area contributed by atoms with E-state index in [0.29, 0.717) is 5.88 Å². The third-order valence-corrected chi connectivity index (χ3v) is 3.71. The summed E-state index contributed by atoms with van der Waals surface area (Å²) >= 11 is 5.97. The van der Waals surface area contributed by atoms with Gasteiger partial charge in [-0.25, -0.2) is 0 Å². The number of hydrogen-bond acceptors (Lipinski definition) is 3. The lowest BCUT2D eigenvalue weighted by Crippen LogP contribution is -2.17. The van der Waals surface area contributed by atoms with Crippen LogP contribution >= 0.6 is 11.6 Å². The molecule has 3 nitrogen and oxygen atoms in total. The van der Waals surface area contributed by atoms with E-state index in [1.807, 2.05) is 30.5 Å². The zero-order valence-electron chi connectivity index (χ0n) is 11.8. The molecule has 0 N–H and O–H groups in total. The smallest absolute Gasteiger partial charge is 0.0726 e. The molecule has 0 fully saturated rings. The number of aromatic nitrogens is 2. The number of halogens is 1. The van der Waals surface area contributed by atoms with Gasteiger partial charge >= 0.3 is 0 Å². The van der Waals surface area contributed by atoms with E-state index in [1.165, 1.54) is 5.56 Å². The first-order chi connectivity index (χ1) is 10.3. The van der Waals surface area contributed by atoms with Gasteiger partial charge in [0.05, 0.1) is 17.1 Å². The molecule has 21 heavy (non-hydrogen) atoms. The minimum atomic E-state index is 0.415. The van der Waals surface area contributed by atoms with Crippen molar-refractivity contribution in [2.45, 2.75) is 12.4 Å². The molecule has 0 amide bonds. The van der Waals surface area contributed by atoms with Gasteiger partial charge < -0.3 is 4.90 Å². The van der Waals surface area contributed by atoms with Crippen molar-refractivity contribution < 1.29 is 0 Å². The monoisotopic (exact) mass is 297 g/mol. The van der Waals surface area contributed by atoms with Crippen molar-refractivity contribution in [2.75, 3.05) is 11.9 Å². The second-order valence-electron chi connectivity index (χ2n) is 5.00. The third-order valence-electron chi connectivity index (χ3n) is 3.44. The Labute approximate surface area is 129 Å². The normalized spacial score (nSPS) is 10.8. The molecular formula is C17H16ClN3. The van der Waals surface area contributed by atoms with Crippen molar-refractivity contribution in [1.82, 2.24) is 9.97 Å². The van der Waals surface area contributed by atoms with Gasteiger partial charge in [0.2, 0.25) is 0 Å². The summed E-state index contributed by atoms with van der Waals surface area (Å²) in [6.45, 7) is 0.795. The van der Waals surface area contributed by atoms with Gasteiger partial charge in [-0.1, -0.05) is 24.3 Å². The molecule has 1 aromatic carbocycles. The summed E-state index contributed by atoms with van der Waals surface area (Å²) in [6.07, 6.45) is 3.68. The molecular weight excluding hydrogens is 282 g/mol. The molecule has 106 valence electrons. The second kappa shape index (κ2) is 6.10. The van der Waals surface area contributed by atoms with Crippen LogP contribution in [0, 0.1) is 0 Å². The summed E-state index contributed by atoms with van der Waals surface area (Å²) in [4.78, 5) is 10.9. The summed E-state index contributed by atoms with van der Waals surface area (Å²) in [7, 11) is 2.08. The predicted octanol–water partition coefficient (Wildman–Crippen LogP) is 4.01. The van der Waals surface area contributed by atoms with Crippen LogP contribution in [0.5, 0.6) is 0 Å². The van der Waals surface area contributed by atoms with Gasteiger partial charge in [-0.2, -0.15) is 0 Å². The number of rotatable bonds is 4. The molecule has 0 aliphatic heterocycles. The van der Waals surface area contributed by atoms with E-state index in [4.69, 9.17) is 11.6 Å². The fourth-order valence-electron chi connectivity index (χ4n) is 2.45. The molecule has 2 aromatic heterocycles. The minimum absolute atomic E-state index is 0.415. The highest BCUT2D eigenvalue weighted by molar-refractivity contribution is 6.17. The molecule has 0 atom stereocenters. The SMILES string of the molecule is CN(Cc1cccnc1)c1cc(CCl)nc2ccccc12. The summed E-state index contributed by atoms with van der Waals surface area (Å²) < 4.78 is 0. The summed E-state index contributed by atoms with van der Waals surface area (Å²) in [5.74, 6) is 0.415. The number of alkyl halides is 1. The largest absolute Gasteiger partial charge is 0.370 e. The molecule has 0 aliphatic carbocycles.